The zero-order chi connectivity index (χ0) is 18.5. The second kappa shape index (κ2) is 5.51. The molecular formula is C15H12N4O6. The van der Waals surface area contributed by atoms with Crippen LogP contribution in [0.3, 0.4) is 0 Å². The first-order chi connectivity index (χ1) is 11.7. The molecule has 2 heterocycles. The lowest BCUT2D eigenvalue weighted by molar-refractivity contribution is -0.387. The molecule has 0 bridgehead atoms. The van der Waals surface area contributed by atoms with Gasteiger partial charge in [-0.2, -0.15) is 9.78 Å². The van der Waals surface area contributed by atoms with Crippen molar-refractivity contribution in [3.05, 3.63) is 65.7 Å². The molecule has 3 rings (SSSR count). The molecule has 128 valence electrons. The Hall–Kier alpha value is -3.56. The number of hydrogen-bond donors (Lipinski definition) is 0. The number of aryl methyl sites for hydroxylation is 3. The van der Waals surface area contributed by atoms with Crippen molar-refractivity contribution in [2.24, 2.45) is 0 Å². The Kier molecular flexibility index (Phi) is 3.59. The van der Waals surface area contributed by atoms with Crippen LogP contribution in [-0.2, 0) is 0 Å². The first-order valence-corrected chi connectivity index (χ1v) is 7.15. The lowest BCUT2D eigenvalue weighted by Gasteiger charge is -2.04. The smallest absolute Gasteiger partial charge is 0.398 e. The van der Waals surface area contributed by atoms with Gasteiger partial charge < -0.3 is 4.42 Å². The van der Waals surface area contributed by atoms with Crippen molar-refractivity contribution in [3.63, 3.8) is 0 Å². The highest BCUT2D eigenvalue weighted by Gasteiger charge is 2.26. The molecule has 2 aromatic heterocycles. The first kappa shape index (κ1) is 16.3. The SMILES string of the molecule is Cc1cc(-n2nc(C)c3c(C)c([N+](=O)[O-])c(=O)oc32)ccc1[N+](=O)[O-]. The average molecular weight is 344 g/mol. The summed E-state index contributed by atoms with van der Waals surface area (Å²) < 4.78 is 6.43. The van der Waals surface area contributed by atoms with Crippen molar-refractivity contribution < 1.29 is 14.3 Å². The molecule has 10 heteroatoms. The van der Waals surface area contributed by atoms with Crippen LogP contribution in [0.25, 0.3) is 16.8 Å². The minimum Gasteiger partial charge on any atom is -0.398 e. The summed E-state index contributed by atoms with van der Waals surface area (Å²) in [6.07, 6.45) is 0. The summed E-state index contributed by atoms with van der Waals surface area (Å²) in [4.78, 5) is 32.7. The second-order valence-electron chi connectivity index (χ2n) is 5.53. The van der Waals surface area contributed by atoms with Gasteiger partial charge in [-0.05, 0) is 32.9 Å². The Morgan fingerprint density at radius 2 is 1.80 bits per heavy atom. The number of nitro benzene ring substituents is 1. The predicted octanol–water partition coefficient (Wildman–Crippen LogP) is 2.72. The van der Waals surface area contributed by atoms with Crippen LogP contribution in [0.5, 0.6) is 0 Å². The molecule has 0 spiro atoms. The molecule has 3 aromatic rings. The van der Waals surface area contributed by atoms with Gasteiger partial charge >= 0.3 is 11.3 Å². The fourth-order valence-corrected chi connectivity index (χ4v) is 2.80. The highest BCUT2D eigenvalue weighted by Crippen LogP contribution is 2.29. The molecule has 0 aliphatic heterocycles. The standard InChI is InChI=1S/C15H12N4O6/c1-7-6-10(4-5-11(7)18(21)22)17-14-12(9(3)16-17)8(2)13(19(23)24)15(20)25-14/h4-6H,1-3H3. The van der Waals surface area contributed by atoms with Crippen molar-refractivity contribution >= 4 is 22.5 Å². The quantitative estimate of drug-likeness (QED) is 0.526. The molecule has 0 saturated carbocycles. The topological polar surface area (TPSA) is 134 Å². The third-order valence-electron chi connectivity index (χ3n) is 3.94. The van der Waals surface area contributed by atoms with Gasteiger partial charge in [0.15, 0.2) is 0 Å². The van der Waals surface area contributed by atoms with Gasteiger partial charge in [-0.3, -0.25) is 20.2 Å². The van der Waals surface area contributed by atoms with Gasteiger partial charge in [0, 0.05) is 17.2 Å². The van der Waals surface area contributed by atoms with E-state index in [9.17, 15) is 25.0 Å². The number of benzene rings is 1. The van der Waals surface area contributed by atoms with Crippen molar-refractivity contribution in [3.8, 4) is 5.69 Å². The van der Waals surface area contributed by atoms with E-state index in [0.717, 1.165) is 0 Å². The van der Waals surface area contributed by atoms with E-state index in [-0.39, 0.29) is 17.0 Å². The average Bonchev–Trinajstić information content (AvgIpc) is 2.83. The van der Waals surface area contributed by atoms with E-state index >= 15 is 0 Å². The van der Waals surface area contributed by atoms with Gasteiger partial charge in [0.05, 0.1) is 26.6 Å². The van der Waals surface area contributed by atoms with E-state index in [1.807, 2.05) is 0 Å². The summed E-state index contributed by atoms with van der Waals surface area (Å²) in [5.74, 6) is 0. The normalized spacial score (nSPS) is 11.0. The number of rotatable bonds is 3. The van der Waals surface area contributed by atoms with E-state index in [4.69, 9.17) is 4.42 Å². The number of fused-ring (bicyclic) bond motifs is 1. The van der Waals surface area contributed by atoms with Crippen LogP contribution in [0.1, 0.15) is 16.8 Å². The Bertz CT molecular complexity index is 1110. The van der Waals surface area contributed by atoms with Gasteiger partial charge in [0.2, 0.25) is 5.71 Å². The van der Waals surface area contributed by atoms with Gasteiger partial charge in [-0.15, -0.1) is 0 Å². The van der Waals surface area contributed by atoms with Crippen molar-refractivity contribution in [2.75, 3.05) is 0 Å². The second-order valence-corrected chi connectivity index (χ2v) is 5.53. The molecule has 0 unspecified atom stereocenters. The molecule has 1 aromatic carbocycles. The summed E-state index contributed by atoms with van der Waals surface area (Å²) >= 11 is 0. The molecule has 0 saturated heterocycles. The van der Waals surface area contributed by atoms with Crippen LogP contribution >= 0.6 is 0 Å². The molecule has 0 aliphatic rings. The van der Waals surface area contributed by atoms with Crippen LogP contribution in [0, 0.1) is 41.0 Å². The monoisotopic (exact) mass is 344 g/mol. The van der Waals surface area contributed by atoms with Crippen LogP contribution in [0.15, 0.2) is 27.4 Å². The fourth-order valence-electron chi connectivity index (χ4n) is 2.80. The maximum absolute atomic E-state index is 12.0. The van der Waals surface area contributed by atoms with Gasteiger partial charge in [0.25, 0.3) is 5.69 Å². The number of nitrogens with zero attached hydrogens (tertiary/aromatic N) is 4. The van der Waals surface area contributed by atoms with Crippen molar-refractivity contribution in [1.82, 2.24) is 9.78 Å². The van der Waals surface area contributed by atoms with Gasteiger partial charge in [-0.1, -0.05) is 0 Å². The van der Waals surface area contributed by atoms with E-state index in [2.05, 4.69) is 5.10 Å². The van der Waals surface area contributed by atoms with Crippen LogP contribution in [0.2, 0.25) is 0 Å². The van der Waals surface area contributed by atoms with Crippen molar-refractivity contribution in [1.29, 1.82) is 0 Å². The molecular weight excluding hydrogens is 332 g/mol. The Labute approximate surface area is 139 Å². The summed E-state index contributed by atoms with van der Waals surface area (Å²) in [7, 11) is 0. The summed E-state index contributed by atoms with van der Waals surface area (Å²) in [5.41, 5.74) is -0.245. The Morgan fingerprint density at radius 1 is 1.12 bits per heavy atom. The molecule has 25 heavy (non-hydrogen) atoms. The Morgan fingerprint density at radius 3 is 2.36 bits per heavy atom. The lowest BCUT2D eigenvalue weighted by Crippen LogP contribution is -2.10. The highest BCUT2D eigenvalue weighted by atomic mass is 16.6. The zero-order valence-electron chi connectivity index (χ0n) is 13.5. The molecule has 0 radical (unpaired) electrons. The fraction of sp³-hybridized carbons (Fsp3) is 0.200. The summed E-state index contributed by atoms with van der Waals surface area (Å²) in [6.45, 7) is 4.66. The van der Waals surface area contributed by atoms with Gasteiger partial charge in [-0.25, -0.2) is 4.79 Å². The number of hydrogen-bond acceptors (Lipinski definition) is 7. The molecule has 0 aliphatic carbocycles. The molecule has 0 fully saturated rings. The third kappa shape index (κ3) is 2.43. The first-order valence-electron chi connectivity index (χ1n) is 7.15. The zero-order valence-corrected chi connectivity index (χ0v) is 13.5. The van der Waals surface area contributed by atoms with E-state index < -0.39 is 21.2 Å². The maximum atomic E-state index is 12.0. The van der Waals surface area contributed by atoms with Gasteiger partial charge in [0.1, 0.15) is 0 Å². The maximum Gasteiger partial charge on any atom is 0.416 e. The molecule has 0 amide bonds. The van der Waals surface area contributed by atoms with E-state index in [0.29, 0.717) is 22.3 Å². The Balaban J connectivity index is 2.33. The molecule has 10 nitrogen and oxygen atoms in total. The van der Waals surface area contributed by atoms with Crippen LogP contribution < -0.4 is 5.63 Å². The van der Waals surface area contributed by atoms with Crippen LogP contribution in [0.4, 0.5) is 11.4 Å². The van der Waals surface area contributed by atoms with Crippen LogP contribution in [-0.4, -0.2) is 19.6 Å². The van der Waals surface area contributed by atoms with Crippen molar-refractivity contribution in [2.45, 2.75) is 20.8 Å². The minimum absolute atomic E-state index is 0.0507. The molecule has 0 N–H and O–H groups in total. The largest absolute Gasteiger partial charge is 0.416 e. The lowest BCUT2D eigenvalue weighted by atomic mass is 10.1. The third-order valence-corrected chi connectivity index (χ3v) is 3.94. The summed E-state index contributed by atoms with van der Waals surface area (Å²) in [5, 5.41) is 26.6. The number of nitro groups is 2. The summed E-state index contributed by atoms with van der Waals surface area (Å²) in [6, 6.07) is 4.32. The minimum atomic E-state index is -1.07. The van der Waals surface area contributed by atoms with E-state index in [1.54, 1.807) is 13.8 Å². The highest BCUT2D eigenvalue weighted by molar-refractivity contribution is 5.84. The number of aromatic nitrogens is 2. The predicted molar refractivity (Wildman–Crippen MR) is 87.1 cm³/mol. The molecule has 0 atom stereocenters. The van der Waals surface area contributed by atoms with E-state index in [1.165, 1.54) is 29.8 Å².